The van der Waals surface area contributed by atoms with Gasteiger partial charge in [0.25, 0.3) is 5.91 Å². The summed E-state index contributed by atoms with van der Waals surface area (Å²) in [7, 11) is 0. The predicted octanol–water partition coefficient (Wildman–Crippen LogP) is 3.26. The predicted molar refractivity (Wildman–Crippen MR) is 125 cm³/mol. The Balaban J connectivity index is 1.53. The zero-order chi connectivity index (χ0) is 22.3. The van der Waals surface area contributed by atoms with Crippen LogP contribution in [0.15, 0.2) is 73.2 Å². The van der Waals surface area contributed by atoms with Gasteiger partial charge in [-0.25, -0.2) is 0 Å². The van der Waals surface area contributed by atoms with Crippen molar-refractivity contribution in [3.63, 3.8) is 0 Å². The maximum Gasteiger partial charge on any atom is 0.253 e. The number of hydrogen-bond donors (Lipinski definition) is 1. The van der Waals surface area contributed by atoms with Crippen molar-refractivity contribution in [3.8, 4) is 0 Å². The molecule has 164 valence electrons. The molecule has 1 aliphatic heterocycles. The minimum Gasteiger partial charge on any atom is -0.369 e. The third-order valence-electron chi connectivity index (χ3n) is 5.57. The molecule has 4 rings (SSSR count). The molecule has 0 spiro atoms. The van der Waals surface area contributed by atoms with Gasteiger partial charge in [0.15, 0.2) is 0 Å². The van der Waals surface area contributed by atoms with E-state index in [0.717, 1.165) is 30.9 Å². The Morgan fingerprint density at radius 3 is 2.47 bits per heavy atom. The lowest BCUT2D eigenvalue weighted by molar-refractivity contribution is -0.114. The van der Waals surface area contributed by atoms with Crippen molar-refractivity contribution in [3.05, 3.63) is 84.4 Å². The molecule has 1 aliphatic rings. The molecule has 0 unspecified atom stereocenters. The van der Waals surface area contributed by atoms with Gasteiger partial charge in [-0.2, -0.15) is 0 Å². The Bertz CT molecular complexity index is 1040. The molecular weight excluding hydrogens is 402 g/mol. The normalized spacial score (nSPS) is 16.3. The van der Waals surface area contributed by atoms with Gasteiger partial charge < -0.3 is 15.1 Å². The summed E-state index contributed by atoms with van der Waals surface area (Å²) in [6, 6.07) is 17.4. The SMILES string of the molecule is CC(=O)Nc1ccc(C(=O)N2CCN(c3ccccc3)C[C@H](Cc3cnccn3)C2)cc1. The molecule has 7 nitrogen and oxygen atoms in total. The number of nitrogens with one attached hydrogen (secondary N) is 1. The molecule has 0 bridgehead atoms. The summed E-state index contributed by atoms with van der Waals surface area (Å²) in [6.45, 7) is 4.35. The van der Waals surface area contributed by atoms with E-state index in [1.54, 1.807) is 42.9 Å². The Morgan fingerprint density at radius 1 is 1.00 bits per heavy atom. The highest BCUT2D eigenvalue weighted by molar-refractivity contribution is 5.95. The average Bonchev–Trinajstić information content (AvgIpc) is 3.03. The fourth-order valence-electron chi connectivity index (χ4n) is 4.11. The van der Waals surface area contributed by atoms with Gasteiger partial charge >= 0.3 is 0 Å². The fourth-order valence-corrected chi connectivity index (χ4v) is 4.11. The van der Waals surface area contributed by atoms with Gasteiger partial charge in [0, 0.05) is 68.6 Å². The lowest BCUT2D eigenvalue weighted by atomic mass is 10.0. The summed E-state index contributed by atoms with van der Waals surface area (Å²) in [6.07, 6.45) is 5.93. The van der Waals surface area contributed by atoms with Crippen molar-refractivity contribution in [2.75, 3.05) is 36.4 Å². The van der Waals surface area contributed by atoms with Gasteiger partial charge in [-0.15, -0.1) is 0 Å². The maximum absolute atomic E-state index is 13.3. The standard InChI is InChI=1S/C25H27N5O2/c1-19(31)28-22-9-7-21(8-10-22)25(32)30-14-13-29(24-5-3-2-4-6-24)17-20(18-30)15-23-16-26-11-12-27-23/h2-12,16,20H,13-15,17-18H2,1H3,(H,28,31)/t20-/m0/s1. The number of para-hydroxylation sites is 1. The average molecular weight is 430 g/mol. The topological polar surface area (TPSA) is 78.4 Å². The second-order valence-corrected chi connectivity index (χ2v) is 8.06. The zero-order valence-corrected chi connectivity index (χ0v) is 18.1. The molecule has 1 aromatic heterocycles. The third kappa shape index (κ3) is 5.49. The molecule has 3 aromatic rings. The van der Waals surface area contributed by atoms with Crippen molar-refractivity contribution < 1.29 is 9.59 Å². The van der Waals surface area contributed by atoms with E-state index in [0.29, 0.717) is 24.3 Å². The largest absolute Gasteiger partial charge is 0.369 e. The molecule has 1 N–H and O–H groups in total. The van der Waals surface area contributed by atoms with Crippen molar-refractivity contribution in [2.45, 2.75) is 13.3 Å². The molecule has 1 saturated heterocycles. The van der Waals surface area contributed by atoms with E-state index in [9.17, 15) is 9.59 Å². The van der Waals surface area contributed by atoms with E-state index in [1.165, 1.54) is 6.92 Å². The van der Waals surface area contributed by atoms with Gasteiger partial charge in [-0.1, -0.05) is 18.2 Å². The molecule has 2 heterocycles. The first-order chi connectivity index (χ1) is 15.6. The van der Waals surface area contributed by atoms with Crippen LogP contribution in [0.1, 0.15) is 23.0 Å². The van der Waals surface area contributed by atoms with E-state index >= 15 is 0 Å². The van der Waals surface area contributed by atoms with Crippen LogP contribution in [0.4, 0.5) is 11.4 Å². The molecule has 0 radical (unpaired) electrons. The fraction of sp³-hybridized carbons (Fsp3) is 0.280. The van der Waals surface area contributed by atoms with Crippen LogP contribution in [0.2, 0.25) is 0 Å². The van der Waals surface area contributed by atoms with Crippen LogP contribution in [0.3, 0.4) is 0 Å². The van der Waals surface area contributed by atoms with E-state index in [-0.39, 0.29) is 17.7 Å². The first-order valence-electron chi connectivity index (χ1n) is 10.8. The van der Waals surface area contributed by atoms with Gasteiger partial charge in [-0.3, -0.25) is 19.6 Å². The van der Waals surface area contributed by atoms with E-state index < -0.39 is 0 Å². The van der Waals surface area contributed by atoms with Crippen LogP contribution in [-0.2, 0) is 11.2 Å². The number of carbonyl (C=O) groups is 2. The Labute approximate surface area is 188 Å². The minimum atomic E-state index is -0.135. The first kappa shape index (κ1) is 21.5. The molecule has 0 aliphatic carbocycles. The summed E-state index contributed by atoms with van der Waals surface area (Å²) in [4.78, 5) is 37.5. The zero-order valence-electron chi connectivity index (χ0n) is 18.1. The van der Waals surface area contributed by atoms with Crippen LogP contribution >= 0.6 is 0 Å². The lowest BCUT2D eigenvalue weighted by Crippen LogP contribution is -2.36. The molecule has 2 amide bonds. The number of hydrogen-bond acceptors (Lipinski definition) is 5. The smallest absolute Gasteiger partial charge is 0.253 e. The molecule has 2 aromatic carbocycles. The molecule has 1 atom stereocenters. The third-order valence-corrected chi connectivity index (χ3v) is 5.57. The van der Waals surface area contributed by atoms with Crippen LogP contribution in [0.25, 0.3) is 0 Å². The number of anilines is 2. The summed E-state index contributed by atoms with van der Waals surface area (Å²) in [5, 5.41) is 2.74. The highest BCUT2D eigenvalue weighted by atomic mass is 16.2. The summed E-state index contributed by atoms with van der Waals surface area (Å²) in [5.41, 5.74) is 3.39. The van der Waals surface area contributed by atoms with Crippen molar-refractivity contribution in [1.82, 2.24) is 14.9 Å². The molecule has 7 heteroatoms. The van der Waals surface area contributed by atoms with Gasteiger partial charge in [0.05, 0.1) is 5.69 Å². The van der Waals surface area contributed by atoms with Crippen LogP contribution < -0.4 is 10.2 Å². The van der Waals surface area contributed by atoms with Crippen LogP contribution in [0, 0.1) is 5.92 Å². The van der Waals surface area contributed by atoms with Crippen molar-refractivity contribution in [1.29, 1.82) is 0 Å². The molecular formula is C25H27N5O2. The Hall–Kier alpha value is -3.74. The number of benzene rings is 2. The second-order valence-electron chi connectivity index (χ2n) is 8.06. The highest BCUT2D eigenvalue weighted by Crippen LogP contribution is 2.22. The summed E-state index contributed by atoms with van der Waals surface area (Å²) >= 11 is 0. The maximum atomic E-state index is 13.3. The van der Waals surface area contributed by atoms with E-state index in [1.807, 2.05) is 23.1 Å². The second kappa shape index (κ2) is 10.0. The Morgan fingerprint density at radius 2 is 1.78 bits per heavy atom. The molecule has 32 heavy (non-hydrogen) atoms. The van der Waals surface area contributed by atoms with Gasteiger partial charge in [0.2, 0.25) is 5.91 Å². The number of nitrogens with zero attached hydrogens (tertiary/aromatic N) is 4. The number of carbonyl (C=O) groups excluding carboxylic acids is 2. The quantitative estimate of drug-likeness (QED) is 0.674. The van der Waals surface area contributed by atoms with E-state index in [2.05, 4.69) is 32.3 Å². The van der Waals surface area contributed by atoms with Crippen molar-refractivity contribution in [2.24, 2.45) is 5.92 Å². The van der Waals surface area contributed by atoms with Crippen LogP contribution in [-0.4, -0.2) is 52.9 Å². The first-order valence-corrected chi connectivity index (χ1v) is 10.8. The summed E-state index contributed by atoms with van der Waals surface area (Å²) in [5.74, 6) is 0.0832. The number of amides is 2. The summed E-state index contributed by atoms with van der Waals surface area (Å²) < 4.78 is 0. The van der Waals surface area contributed by atoms with Gasteiger partial charge in [-0.05, 0) is 48.7 Å². The van der Waals surface area contributed by atoms with Crippen molar-refractivity contribution >= 4 is 23.2 Å². The lowest BCUT2D eigenvalue weighted by Gasteiger charge is -2.25. The monoisotopic (exact) mass is 429 g/mol. The molecule has 0 saturated carbocycles. The number of rotatable bonds is 5. The Kier molecular flexibility index (Phi) is 6.75. The van der Waals surface area contributed by atoms with Crippen LogP contribution in [0.5, 0.6) is 0 Å². The minimum absolute atomic E-state index is 0.00145. The van der Waals surface area contributed by atoms with Gasteiger partial charge in [0.1, 0.15) is 0 Å². The molecule has 1 fully saturated rings. The number of aromatic nitrogens is 2. The highest BCUT2D eigenvalue weighted by Gasteiger charge is 2.27. The van der Waals surface area contributed by atoms with E-state index in [4.69, 9.17) is 0 Å².